The van der Waals surface area contributed by atoms with Crippen molar-refractivity contribution in [3.63, 3.8) is 0 Å². The van der Waals surface area contributed by atoms with Crippen LogP contribution in [0.25, 0.3) is 21.3 Å². The maximum atomic E-state index is 13.2. The van der Waals surface area contributed by atoms with Crippen molar-refractivity contribution in [1.82, 2.24) is 9.55 Å². The first-order chi connectivity index (χ1) is 11.9. The van der Waals surface area contributed by atoms with Crippen molar-refractivity contribution < 1.29 is 4.79 Å². The molecule has 0 saturated carbocycles. The van der Waals surface area contributed by atoms with Crippen LogP contribution in [0, 0.1) is 0 Å². The molecule has 0 bridgehead atoms. The van der Waals surface area contributed by atoms with Gasteiger partial charge in [0.15, 0.2) is 0 Å². The van der Waals surface area contributed by atoms with Gasteiger partial charge in [-0.25, -0.2) is 4.98 Å². The molecule has 0 atom stereocenters. The van der Waals surface area contributed by atoms with E-state index in [1.165, 1.54) is 11.3 Å². The highest BCUT2D eigenvalue weighted by Gasteiger charge is 2.18. The minimum atomic E-state index is -0.430. The molecule has 0 aliphatic rings. The third-order valence-electron chi connectivity index (χ3n) is 3.98. The molecule has 3 aromatic rings. The Bertz CT molecular complexity index is 990. The van der Waals surface area contributed by atoms with Gasteiger partial charge in [-0.2, -0.15) is 0 Å². The normalized spacial score (nSPS) is 11.4. The van der Waals surface area contributed by atoms with Crippen molar-refractivity contribution in [2.75, 3.05) is 0 Å². The minimum absolute atomic E-state index is 0.0724. The summed E-state index contributed by atoms with van der Waals surface area (Å²) in [5.74, 6) is 0.325. The Hall–Kier alpha value is -1.99. The van der Waals surface area contributed by atoms with Crippen LogP contribution < -0.4 is 11.3 Å². The maximum absolute atomic E-state index is 13.2. The number of thiophene rings is 1. The number of amides is 1. The molecule has 1 aromatic carbocycles. The van der Waals surface area contributed by atoms with E-state index in [1.807, 2.05) is 43.5 Å². The van der Waals surface area contributed by atoms with Crippen LogP contribution in [-0.2, 0) is 11.3 Å². The summed E-state index contributed by atoms with van der Waals surface area (Å²) in [7, 11) is 0. The standard InChI is InChI=1S/C18H18BrN3O2S/c1-10(2)16-21-17-15(18(24)22(16)8-7-14(20)23)13(9-25-17)11-3-5-12(19)6-4-11/h3-6,9-10H,7-8H2,1-2H3,(H2,20,23). The van der Waals surface area contributed by atoms with Crippen LogP contribution in [0.1, 0.15) is 32.0 Å². The van der Waals surface area contributed by atoms with Crippen LogP contribution in [-0.4, -0.2) is 15.5 Å². The summed E-state index contributed by atoms with van der Waals surface area (Å²) in [6, 6.07) is 7.82. The summed E-state index contributed by atoms with van der Waals surface area (Å²) in [6.07, 6.45) is 0.116. The molecule has 0 saturated heterocycles. The van der Waals surface area contributed by atoms with E-state index >= 15 is 0 Å². The third kappa shape index (κ3) is 3.52. The number of primary amides is 1. The fourth-order valence-corrected chi connectivity index (χ4v) is 3.97. The van der Waals surface area contributed by atoms with Crippen molar-refractivity contribution in [3.05, 3.63) is 50.3 Å². The quantitative estimate of drug-likeness (QED) is 0.681. The molecule has 0 radical (unpaired) electrons. The van der Waals surface area contributed by atoms with Gasteiger partial charge in [-0.3, -0.25) is 14.2 Å². The number of carbonyl (C=O) groups is 1. The molecule has 1 amide bonds. The zero-order chi connectivity index (χ0) is 18.1. The van der Waals surface area contributed by atoms with Crippen molar-refractivity contribution in [2.24, 2.45) is 5.73 Å². The first-order valence-corrected chi connectivity index (χ1v) is 9.62. The van der Waals surface area contributed by atoms with Crippen LogP contribution in [0.15, 0.2) is 38.9 Å². The number of aromatic nitrogens is 2. The molecule has 2 heterocycles. The van der Waals surface area contributed by atoms with Gasteiger partial charge in [-0.15, -0.1) is 11.3 Å². The maximum Gasteiger partial charge on any atom is 0.262 e. The molecule has 0 fully saturated rings. The Balaban J connectivity index is 2.23. The molecule has 2 N–H and O–H groups in total. The molecule has 7 heteroatoms. The summed E-state index contributed by atoms with van der Waals surface area (Å²) >= 11 is 4.89. The predicted octanol–water partition coefficient (Wildman–Crippen LogP) is 3.89. The first-order valence-electron chi connectivity index (χ1n) is 7.94. The van der Waals surface area contributed by atoms with Crippen molar-refractivity contribution >= 4 is 43.4 Å². The van der Waals surface area contributed by atoms with Gasteiger partial charge < -0.3 is 5.73 Å². The van der Waals surface area contributed by atoms with E-state index in [9.17, 15) is 9.59 Å². The Labute approximate surface area is 157 Å². The van der Waals surface area contributed by atoms with Crippen LogP contribution >= 0.6 is 27.3 Å². The van der Waals surface area contributed by atoms with Crippen LogP contribution in [0.3, 0.4) is 0 Å². The Kier molecular flexibility index (Phi) is 5.06. The predicted molar refractivity (Wildman–Crippen MR) is 105 cm³/mol. The minimum Gasteiger partial charge on any atom is -0.370 e. The van der Waals surface area contributed by atoms with Gasteiger partial charge >= 0.3 is 0 Å². The number of halogens is 1. The number of hydrogen-bond donors (Lipinski definition) is 1. The Morgan fingerprint density at radius 2 is 2.00 bits per heavy atom. The molecule has 2 aromatic heterocycles. The summed E-state index contributed by atoms with van der Waals surface area (Å²) in [4.78, 5) is 29.8. The van der Waals surface area contributed by atoms with E-state index in [2.05, 4.69) is 15.9 Å². The summed E-state index contributed by atoms with van der Waals surface area (Å²) in [5.41, 5.74) is 6.98. The molecule has 130 valence electrons. The molecule has 0 aliphatic heterocycles. The Morgan fingerprint density at radius 1 is 1.32 bits per heavy atom. The second-order valence-corrected chi connectivity index (χ2v) is 7.91. The summed E-state index contributed by atoms with van der Waals surface area (Å²) < 4.78 is 2.57. The average Bonchev–Trinajstić information content (AvgIpc) is 2.98. The first kappa shape index (κ1) is 17.8. The topological polar surface area (TPSA) is 78.0 Å². The highest BCUT2D eigenvalue weighted by molar-refractivity contribution is 9.10. The SMILES string of the molecule is CC(C)c1nc2scc(-c3ccc(Br)cc3)c2c(=O)n1CCC(N)=O. The zero-order valence-corrected chi connectivity index (χ0v) is 16.4. The number of benzene rings is 1. The van der Waals surface area contributed by atoms with Gasteiger partial charge in [0, 0.05) is 34.3 Å². The van der Waals surface area contributed by atoms with Gasteiger partial charge in [0.2, 0.25) is 5.91 Å². The van der Waals surface area contributed by atoms with E-state index in [4.69, 9.17) is 10.7 Å². The number of carbonyl (C=O) groups excluding carboxylic acids is 1. The number of nitrogens with two attached hydrogens (primary N) is 1. The van der Waals surface area contributed by atoms with Gasteiger partial charge in [0.1, 0.15) is 10.7 Å². The molecule has 25 heavy (non-hydrogen) atoms. The highest BCUT2D eigenvalue weighted by Crippen LogP contribution is 2.32. The number of hydrogen-bond acceptors (Lipinski definition) is 4. The number of fused-ring (bicyclic) bond motifs is 1. The smallest absolute Gasteiger partial charge is 0.262 e. The highest BCUT2D eigenvalue weighted by atomic mass is 79.9. The van der Waals surface area contributed by atoms with Crippen LogP contribution in [0.5, 0.6) is 0 Å². The Morgan fingerprint density at radius 3 is 2.60 bits per heavy atom. The molecular formula is C18H18BrN3O2S. The number of nitrogens with zero attached hydrogens (tertiary/aromatic N) is 2. The van der Waals surface area contributed by atoms with Crippen molar-refractivity contribution in [1.29, 1.82) is 0 Å². The lowest BCUT2D eigenvalue weighted by atomic mass is 10.1. The van der Waals surface area contributed by atoms with E-state index in [1.54, 1.807) is 4.57 Å². The van der Waals surface area contributed by atoms with E-state index < -0.39 is 5.91 Å². The lowest BCUT2D eigenvalue weighted by Crippen LogP contribution is -2.28. The molecular weight excluding hydrogens is 402 g/mol. The molecule has 3 rings (SSSR count). The lowest BCUT2D eigenvalue weighted by Gasteiger charge is -2.14. The van der Waals surface area contributed by atoms with Gasteiger partial charge in [-0.1, -0.05) is 41.9 Å². The van der Waals surface area contributed by atoms with E-state index in [-0.39, 0.29) is 24.4 Å². The molecule has 0 aliphatic carbocycles. The lowest BCUT2D eigenvalue weighted by molar-refractivity contribution is -0.118. The third-order valence-corrected chi connectivity index (χ3v) is 5.38. The largest absolute Gasteiger partial charge is 0.370 e. The zero-order valence-electron chi connectivity index (χ0n) is 14.0. The van der Waals surface area contributed by atoms with Gasteiger partial charge in [0.25, 0.3) is 5.56 Å². The fourth-order valence-electron chi connectivity index (χ4n) is 2.76. The second kappa shape index (κ2) is 7.09. The molecule has 0 spiro atoms. The number of rotatable bonds is 5. The van der Waals surface area contributed by atoms with E-state index in [0.29, 0.717) is 11.2 Å². The fraction of sp³-hybridized carbons (Fsp3) is 0.278. The van der Waals surface area contributed by atoms with Gasteiger partial charge in [0.05, 0.1) is 5.39 Å². The van der Waals surface area contributed by atoms with Crippen molar-refractivity contribution in [3.8, 4) is 11.1 Å². The summed E-state index contributed by atoms with van der Waals surface area (Å²) in [5, 5.41) is 2.56. The van der Waals surface area contributed by atoms with Gasteiger partial charge in [-0.05, 0) is 17.7 Å². The average molecular weight is 420 g/mol. The summed E-state index contributed by atoms with van der Waals surface area (Å²) in [6.45, 7) is 4.22. The van der Waals surface area contributed by atoms with Crippen molar-refractivity contribution in [2.45, 2.75) is 32.7 Å². The second-order valence-electron chi connectivity index (χ2n) is 6.13. The van der Waals surface area contributed by atoms with Crippen LogP contribution in [0.4, 0.5) is 0 Å². The molecule has 0 unspecified atom stereocenters. The monoisotopic (exact) mass is 419 g/mol. The van der Waals surface area contributed by atoms with E-state index in [0.717, 1.165) is 20.4 Å². The molecule has 5 nitrogen and oxygen atoms in total. The van der Waals surface area contributed by atoms with Crippen LogP contribution in [0.2, 0.25) is 0 Å².